The number of aromatic nitrogens is 3. The summed E-state index contributed by atoms with van der Waals surface area (Å²) in [4.78, 5) is 0.922. The molecule has 2 aromatic heterocycles. The van der Waals surface area contributed by atoms with Gasteiger partial charge in [-0.15, -0.1) is 10.2 Å². The van der Waals surface area contributed by atoms with E-state index >= 15 is 0 Å². The van der Waals surface area contributed by atoms with Gasteiger partial charge >= 0.3 is 0 Å². The van der Waals surface area contributed by atoms with Crippen LogP contribution in [-0.2, 0) is 5.33 Å². The van der Waals surface area contributed by atoms with Gasteiger partial charge in [-0.2, -0.15) is 0 Å². The monoisotopic (exact) mass is 345 g/mol. The maximum atomic E-state index is 4.10. The molecule has 6 heteroatoms. The van der Waals surface area contributed by atoms with Gasteiger partial charge in [0.25, 0.3) is 0 Å². The Kier molecular flexibility index (Phi) is 2.30. The third-order valence-electron chi connectivity index (χ3n) is 2.25. The van der Waals surface area contributed by atoms with Crippen molar-refractivity contribution in [3.8, 4) is 0 Å². The number of benzene rings is 1. The Hall–Kier alpha value is -0.460. The van der Waals surface area contributed by atoms with Crippen LogP contribution in [0.5, 0.6) is 0 Å². The average Bonchev–Trinajstić information content (AvgIpc) is 2.78. The van der Waals surface area contributed by atoms with Gasteiger partial charge in [-0.25, -0.2) is 0 Å². The first-order valence-electron chi connectivity index (χ1n) is 4.28. The van der Waals surface area contributed by atoms with Gasteiger partial charge in [0.05, 0.1) is 10.2 Å². The molecule has 0 aliphatic rings. The van der Waals surface area contributed by atoms with Crippen LogP contribution in [0.4, 0.5) is 0 Å². The molecule has 3 nitrogen and oxygen atoms in total. The highest BCUT2D eigenvalue weighted by Gasteiger charge is 2.12. The second kappa shape index (κ2) is 3.54. The zero-order valence-corrected chi connectivity index (χ0v) is 11.4. The summed E-state index contributed by atoms with van der Waals surface area (Å²) in [5.41, 5.74) is 2.44. The van der Waals surface area contributed by atoms with Crippen molar-refractivity contribution in [2.45, 2.75) is 5.33 Å². The minimum absolute atomic E-state index is 0.761. The van der Waals surface area contributed by atoms with Crippen molar-refractivity contribution in [3.63, 3.8) is 0 Å². The van der Waals surface area contributed by atoms with Crippen molar-refractivity contribution in [1.82, 2.24) is 14.6 Å². The van der Waals surface area contributed by atoms with E-state index in [0.29, 0.717) is 0 Å². The van der Waals surface area contributed by atoms with Gasteiger partial charge in [0.1, 0.15) is 0 Å². The minimum atomic E-state index is 0.761. The number of para-hydroxylation sites is 1. The van der Waals surface area contributed by atoms with Gasteiger partial charge in [-0.3, -0.25) is 4.40 Å². The second-order valence-electron chi connectivity index (χ2n) is 3.09. The van der Waals surface area contributed by atoms with E-state index in [0.717, 1.165) is 15.0 Å². The molecule has 0 saturated carbocycles. The first-order valence-corrected chi connectivity index (χ1v) is 7.01. The average molecular weight is 347 g/mol. The molecular formula is C9H5Br2N3S. The summed E-state index contributed by atoms with van der Waals surface area (Å²) in [6.45, 7) is 0. The lowest BCUT2D eigenvalue weighted by molar-refractivity contribution is 1.07. The number of alkyl halides is 1. The number of thiazole rings is 1. The Morgan fingerprint density at radius 2 is 2.20 bits per heavy atom. The van der Waals surface area contributed by atoms with Crippen LogP contribution in [0.1, 0.15) is 5.56 Å². The van der Waals surface area contributed by atoms with Gasteiger partial charge in [-0.1, -0.05) is 39.4 Å². The normalized spacial score (nSPS) is 11.6. The molecule has 0 aliphatic carbocycles. The highest BCUT2D eigenvalue weighted by Crippen LogP contribution is 2.31. The quantitative estimate of drug-likeness (QED) is 0.630. The fourth-order valence-corrected chi connectivity index (χ4v) is 3.62. The van der Waals surface area contributed by atoms with E-state index in [1.807, 2.05) is 4.40 Å². The molecule has 0 unspecified atom stereocenters. The molecule has 3 rings (SSSR count). The molecule has 0 atom stereocenters. The summed E-state index contributed by atoms with van der Waals surface area (Å²) < 4.78 is 4.03. The molecule has 1 aromatic carbocycles. The highest BCUT2D eigenvalue weighted by molar-refractivity contribution is 9.10. The Morgan fingerprint density at radius 1 is 1.33 bits per heavy atom. The number of hydrogen-bond donors (Lipinski definition) is 0. The van der Waals surface area contributed by atoms with E-state index in [1.165, 1.54) is 15.8 Å². The molecule has 0 amide bonds. The maximum absolute atomic E-state index is 4.10. The zero-order valence-electron chi connectivity index (χ0n) is 7.44. The second-order valence-corrected chi connectivity index (χ2v) is 5.37. The van der Waals surface area contributed by atoms with Crippen molar-refractivity contribution in [1.29, 1.82) is 0 Å². The van der Waals surface area contributed by atoms with Gasteiger partial charge in [-0.05, 0) is 27.6 Å². The van der Waals surface area contributed by atoms with Crippen LogP contribution in [0.25, 0.3) is 15.2 Å². The number of hydrogen-bond acceptors (Lipinski definition) is 3. The Labute approximate surface area is 106 Å². The van der Waals surface area contributed by atoms with Crippen LogP contribution in [0.2, 0.25) is 0 Å². The van der Waals surface area contributed by atoms with Gasteiger partial charge < -0.3 is 0 Å². The lowest BCUT2D eigenvalue weighted by Gasteiger charge is -1.98. The first-order chi connectivity index (χ1) is 7.31. The van der Waals surface area contributed by atoms with Crippen molar-refractivity contribution in [2.75, 3.05) is 0 Å². The van der Waals surface area contributed by atoms with E-state index in [-0.39, 0.29) is 0 Å². The largest absolute Gasteiger partial charge is 0.260 e. The summed E-state index contributed by atoms with van der Waals surface area (Å²) in [6, 6.07) is 6.28. The highest BCUT2D eigenvalue weighted by atomic mass is 79.9. The third kappa shape index (κ3) is 1.35. The van der Waals surface area contributed by atoms with Gasteiger partial charge in [0.15, 0.2) is 0 Å². The fraction of sp³-hybridized carbons (Fsp3) is 0.111. The molecule has 15 heavy (non-hydrogen) atoms. The molecule has 0 saturated heterocycles. The summed E-state index contributed by atoms with van der Waals surface area (Å²) in [5, 5.41) is 8.94. The molecule has 0 spiro atoms. The van der Waals surface area contributed by atoms with Crippen molar-refractivity contribution < 1.29 is 0 Å². The molecule has 2 heterocycles. The van der Waals surface area contributed by atoms with Crippen LogP contribution in [0.15, 0.2) is 22.9 Å². The van der Waals surface area contributed by atoms with Crippen LogP contribution in [0.3, 0.4) is 0 Å². The molecule has 3 aromatic rings. The summed E-state index contributed by atoms with van der Waals surface area (Å²) in [6.07, 6.45) is 0. The number of rotatable bonds is 1. The van der Waals surface area contributed by atoms with Gasteiger partial charge in [0.2, 0.25) is 9.69 Å². The zero-order chi connectivity index (χ0) is 10.4. The lowest BCUT2D eigenvalue weighted by atomic mass is 10.2. The van der Waals surface area contributed by atoms with Crippen molar-refractivity contribution in [2.24, 2.45) is 0 Å². The third-order valence-corrected chi connectivity index (χ3v) is 4.36. The van der Waals surface area contributed by atoms with Crippen LogP contribution in [-0.4, -0.2) is 14.6 Å². The van der Waals surface area contributed by atoms with Crippen molar-refractivity contribution >= 4 is 58.4 Å². The van der Waals surface area contributed by atoms with Crippen molar-refractivity contribution in [3.05, 3.63) is 28.5 Å². The summed E-state index contributed by atoms with van der Waals surface area (Å²) >= 11 is 8.56. The smallest absolute Gasteiger partial charge is 0.217 e. The topological polar surface area (TPSA) is 30.2 Å². The molecule has 0 N–H and O–H groups in total. The minimum Gasteiger partial charge on any atom is -0.260 e. The Morgan fingerprint density at radius 3 is 3.00 bits per heavy atom. The van der Waals surface area contributed by atoms with E-state index in [9.17, 15) is 0 Å². The number of nitrogens with zero attached hydrogens (tertiary/aromatic N) is 3. The van der Waals surface area contributed by atoms with E-state index in [1.54, 1.807) is 11.3 Å². The van der Waals surface area contributed by atoms with Crippen LogP contribution in [0, 0.1) is 0 Å². The van der Waals surface area contributed by atoms with Gasteiger partial charge in [0, 0.05) is 5.33 Å². The summed E-state index contributed by atoms with van der Waals surface area (Å²) in [5.74, 6) is 0. The molecule has 76 valence electrons. The fourth-order valence-electron chi connectivity index (χ4n) is 1.62. The first kappa shape index (κ1) is 9.74. The predicted octanol–water partition coefficient (Wildman–Crippen LogP) is 3.60. The number of halogens is 2. The lowest BCUT2D eigenvalue weighted by Crippen LogP contribution is -1.86. The van der Waals surface area contributed by atoms with E-state index < -0.39 is 0 Å². The predicted molar refractivity (Wildman–Crippen MR) is 68.7 cm³/mol. The van der Waals surface area contributed by atoms with E-state index in [2.05, 4.69) is 60.3 Å². The molecule has 0 bridgehead atoms. The molecule has 0 aliphatic heterocycles. The molecule has 0 fully saturated rings. The maximum Gasteiger partial charge on any atom is 0.217 e. The SMILES string of the molecule is BrCc1cccc2sc3nnc(Br)n3c12. The molecular weight excluding hydrogens is 342 g/mol. The van der Waals surface area contributed by atoms with E-state index in [4.69, 9.17) is 0 Å². The molecule has 0 radical (unpaired) electrons. The number of fused-ring (bicyclic) bond motifs is 3. The van der Waals surface area contributed by atoms with Crippen LogP contribution < -0.4 is 0 Å². The standard InChI is InChI=1S/C9H5Br2N3S/c10-4-5-2-1-3-6-7(5)14-8(11)12-13-9(14)15-6/h1-3H,4H2. The van der Waals surface area contributed by atoms with Crippen LogP contribution >= 0.6 is 43.2 Å². The Balaban J connectivity index is 2.59. The Bertz CT molecular complexity index is 643. The summed E-state index contributed by atoms with van der Waals surface area (Å²) in [7, 11) is 0.